The van der Waals surface area contributed by atoms with Crippen LogP contribution in [0.4, 0.5) is 5.69 Å². The van der Waals surface area contributed by atoms with Crippen molar-refractivity contribution in [2.75, 3.05) is 6.26 Å². The molecule has 0 spiro atoms. The molecule has 112 valence electrons. The number of ketones is 1. The molecule has 0 unspecified atom stereocenters. The smallest absolute Gasteiger partial charge is 0.279 e. The minimum Gasteiger partial charge on any atom is -0.360 e. The molecular weight excluding hydrogens is 296 g/mol. The zero-order chi connectivity index (χ0) is 16.0. The van der Waals surface area contributed by atoms with E-state index in [1.807, 2.05) is 0 Å². The quantitative estimate of drug-likeness (QED) is 0.528. The molecule has 1 aromatic heterocycles. The van der Waals surface area contributed by atoms with E-state index >= 15 is 0 Å². The van der Waals surface area contributed by atoms with E-state index in [2.05, 4.69) is 4.98 Å². The molecular formula is C13H14N2O5S. The Morgan fingerprint density at radius 1 is 1.33 bits per heavy atom. The van der Waals surface area contributed by atoms with Crippen molar-refractivity contribution in [1.29, 1.82) is 0 Å². The molecule has 21 heavy (non-hydrogen) atoms. The Morgan fingerprint density at radius 3 is 2.48 bits per heavy atom. The minimum absolute atomic E-state index is 0.00715. The summed E-state index contributed by atoms with van der Waals surface area (Å²) in [6.07, 6.45) is 2.28. The van der Waals surface area contributed by atoms with Crippen LogP contribution in [0.25, 0.3) is 10.9 Å². The van der Waals surface area contributed by atoms with Gasteiger partial charge in [-0.3, -0.25) is 14.9 Å². The van der Waals surface area contributed by atoms with Crippen LogP contribution in [0.3, 0.4) is 0 Å². The van der Waals surface area contributed by atoms with Gasteiger partial charge < -0.3 is 4.98 Å². The number of benzene rings is 1. The number of H-pyrrole nitrogens is 1. The molecule has 0 fully saturated rings. The summed E-state index contributed by atoms with van der Waals surface area (Å²) in [5.74, 6) is -0.675. The van der Waals surface area contributed by atoms with Crippen LogP contribution in [0.5, 0.6) is 0 Å². The molecule has 0 bridgehead atoms. The number of fused-ring (bicyclic) bond motifs is 1. The van der Waals surface area contributed by atoms with Gasteiger partial charge in [0.1, 0.15) is 4.75 Å². The fraction of sp³-hybridized carbons (Fsp3) is 0.308. The Morgan fingerprint density at radius 2 is 1.95 bits per heavy atom. The lowest BCUT2D eigenvalue weighted by Gasteiger charge is -2.20. The van der Waals surface area contributed by atoms with Crippen molar-refractivity contribution in [1.82, 2.24) is 4.98 Å². The summed E-state index contributed by atoms with van der Waals surface area (Å²) in [4.78, 5) is 25.8. The molecule has 1 aromatic carbocycles. The molecule has 2 rings (SSSR count). The number of carbonyl (C=O) groups is 1. The number of aromatic amines is 1. The second kappa shape index (κ2) is 4.66. The monoisotopic (exact) mass is 310 g/mol. The van der Waals surface area contributed by atoms with Crippen LogP contribution in [0.2, 0.25) is 0 Å². The number of hydrogen-bond acceptors (Lipinski definition) is 5. The summed E-state index contributed by atoms with van der Waals surface area (Å²) in [6.45, 7) is 2.58. The molecule has 0 saturated heterocycles. The number of carbonyl (C=O) groups excluding carboxylic acids is 1. The van der Waals surface area contributed by atoms with E-state index in [9.17, 15) is 23.3 Å². The maximum absolute atomic E-state index is 12.5. The molecule has 1 N–H and O–H groups in total. The van der Waals surface area contributed by atoms with Gasteiger partial charge in [0, 0.05) is 18.5 Å². The van der Waals surface area contributed by atoms with Crippen LogP contribution in [0.15, 0.2) is 24.4 Å². The van der Waals surface area contributed by atoms with Gasteiger partial charge >= 0.3 is 0 Å². The van der Waals surface area contributed by atoms with Gasteiger partial charge in [-0.25, -0.2) is 8.42 Å². The van der Waals surface area contributed by atoms with Gasteiger partial charge in [-0.15, -0.1) is 0 Å². The second-order valence-electron chi connectivity index (χ2n) is 5.27. The van der Waals surface area contributed by atoms with Gasteiger partial charge in [-0.05, 0) is 19.9 Å². The average Bonchev–Trinajstić information content (AvgIpc) is 2.79. The van der Waals surface area contributed by atoms with E-state index < -0.39 is 25.3 Å². The zero-order valence-corrected chi connectivity index (χ0v) is 12.5. The summed E-state index contributed by atoms with van der Waals surface area (Å²) in [5.41, 5.74) is 0.186. The number of non-ortho nitro benzene ring substituents is 1. The average molecular weight is 310 g/mol. The fourth-order valence-electron chi connectivity index (χ4n) is 1.99. The number of hydrogen-bond donors (Lipinski definition) is 1. The first-order valence-electron chi connectivity index (χ1n) is 6.06. The van der Waals surface area contributed by atoms with Crippen molar-refractivity contribution < 1.29 is 18.1 Å². The Bertz CT molecular complexity index is 849. The molecule has 0 aliphatic heterocycles. The van der Waals surface area contributed by atoms with E-state index in [1.165, 1.54) is 32.2 Å². The van der Waals surface area contributed by atoms with E-state index in [4.69, 9.17) is 0 Å². The fourth-order valence-corrected chi connectivity index (χ4v) is 2.44. The predicted octanol–water partition coefficient (Wildman–Crippen LogP) is 2.08. The van der Waals surface area contributed by atoms with Crippen LogP contribution in [0, 0.1) is 10.1 Å². The van der Waals surface area contributed by atoms with Gasteiger partial charge in [0.25, 0.3) is 5.69 Å². The van der Waals surface area contributed by atoms with Crippen molar-refractivity contribution in [2.24, 2.45) is 0 Å². The zero-order valence-electron chi connectivity index (χ0n) is 11.7. The SMILES string of the molecule is CC(C)(C(=O)c1c[nH]c2cccc([N+](=O)[O-])c12)S(C)(=O)=O. The third kappa shape index (κ3) is 2.31. The number of nitrogens with zero attached hydrogens (tertiary/aromatic N) is 1. The highest BCUT2D eigenvalue weighted by Crippen LogP contribution is 2.32. The summed E-state index contributed by atoms with van der Waals surface area (Å²) < 4.78 is 21.9. The highest BCUT2D eigenvalue weighted by atomic mass is 32.2. The second-order valence-corrected chi connectivity index (χ2v) is 7.84. The lowest BCUT2D eigenvalue weighted by atomic mass is 9.99. The molecule has 0 atom stereocenters. The van der Waals surface area contributed by atoms with Crippen LogP contribution >= 0.6 is 0 Å². The Kier molecular flexibility index (Phi) is 3.37. The summed E-state index contributed by atoms with van der Waals surface area (Å²) >= 11 is 0. The normalized spacial score (nSPS) is 12.5. The molecule has 8 heteroatoms. The van der Waals surface area contributed by atoms with Crippen molar-refractivity contribution in [3.8, 4) is 0 Å². The molecule has 0 saturated carbocycles. The van der Waals surface area contributed by atoms with Gasteiger partial charge in [0.2, 0.25) is 0 Å². The number of nitro benzene ring substituents is 1. The number of nitrogens with one attached hydrogen (secondary N) is 1. The lowest BCUT2D eigenvalue weighted by Crippen LogP contribution is -2.39. The van der Waals surface area contributed by atoms with Gasteiger partial charge in [0.05, 0.1) is 21.4 Å². The number of Topliss-reactive ketones (excluding diaryl/α,β-unsaturated/α-hetero) is 1. The largest absolute Gasteiger partial charge is 0.360 e. The van der Waals surface area contributed by atoms with E-state index in [0.717, 1.165) is 6.26 Å². The maximum atomic E-state index is 12.5. The lowest BCUT2D eigenvalue weighted by molar-refractivity contribution is -0.383. The van der Waals surface area contributed by atoms with E-state index in [0.29, 0.717) is 5.52 Å². The third-order valence-electron chi connectivity index (χ3n) is 3.60. The topological polar surface area (TPSA) is 110 Å². The van der Waals surface area contributed by atoms with Gasteiger partial charge in [-0.1, -0.05) is 6.07 Å². The Balaban J connectivity index is 2.74. The molecule has 0 aliphatic carbocycles. The van der Waals surface area contributed by atoms with E-state index in [1.54, 1.807) is 6.07 Å². The summed E-state index contributed by atoms with van der Waals surface area (Å²) in [6, 6.07) is 4.36. The van der Waals surface area contributed by atoms with Crippen LogP contribution in [-0.2, 0) is 9.84 Å². The summed E-state index contributed by atoms with van der Waals surface area (Å²) in [5, 5.41) is 11.2. The number of sulfone groups is 1. The van der Waals surface area contributed by atoms with Crippen LogP contribution in [-0.4, -0.2) is 35.1 Å². The van der Waals surface area contributed by atoms with Crippen molar-refractivity contribution in [3.63, 3.8) is 0 Å². The molecule has 0 radical (unpaired) electrons. The number of aromatic nitrogens is 1. The van der Waals surface area contributed by atoms with Gasteiger partial charge in [0.15, 0.2) is 15.6 Å². The van der Waals surface area contributed by atoms with Crippen LogP contribution < -0.4 is 0 Å². The van der Waals surface area contributed by atoms with Crippen LogP contribution in [0.1, 0.15) is 24.2 Å². The highest BCUT2D eigenvalue weighted by Gasteiger charge is 2.40. The summed E-state index contributed by atoms with van der Waals surface area (Å²) in [7, 11) is -3.66. The standard InChI is InChI=1S/C13H14N2O5S/c1-13(2,21(3,19)20)12(16)8-7-14-9-5-4-6-10(11(8)9)15(17)18/h4-7,14H,1-3H3. The molecule has 0 amide bonds. The molecule has 2 aromatic rings. The molecule has 1 heterocycles. The van der Waals surface area contributed by atoms with Crippen molar-refractivity contribution in [3.05, 3.63) is 40.1 Å². The first kappa shape index (κ1) is 15.2. The third-order valence-corrected chi connectivity index (χ3v) is 5.64. The maximum Gasteiger partial charge on any atom is 0.279 e. The molecule has 7 nitrogen and oxygen atoms in total. The molecule has 0 aliphatic rings. The van der Waals surface area contributed by atoms with Gasteiger partial charge in [-0.2, -0.15) is 0 Å². The van der Waals surface area contributed by atoms with E-state index in [-0.39, 0.29) is 16.6 Å². The first-order valence-corrected chi connectivity index (χ1v) is 7.95. The first-order chi connectivity index (χ1) is 9.57. The number of nitro groups is 1. The van der Waals surface area contributed by atoms with Crippen molar-refractivity contribution >= 4 is 32.2 Å². The Labute approximate surface area is 121 Å². The predicted molar refractivity (Wildman–Crippen MR) is 78.2 cm³/mol. The van der Waals surface area contributed by atoms with Crippen molar-refractivity contribution in [2.45, 2.75) is 18.6 Å². The Hall–Kier alpha value is -2.22. The number of rotatable bonds is 4. The minimum atomic E-state index is -3.66. The highest BCUT2D eigenvalue weighted by molar-refractivity contribution is 7.92.